The van der Waals surface area contributed by atoms with Crippen molar-refractivity contribution in [1.82, 2.24) is 0 Å². The van der Waals surface area contributed by atoms with Gasteiger partial charge < -0.3 is 14.9 Å². The zero-order chi connectivity index (χ0) is 17.5. The summed E-state index contributed by atoms with van der Waals surface area (Å²) in [5.41, 5.74) is 1.33. The highest BCUT2D eigenvalue weighted by molar-refractivity contribution is 5.33. The van der Waals surface area contributed by atoms with Gasteiger partial charge in [0.1, 0.15) is 0 Å². The van der Waals surface area contributed by atoms with Gasteiger partial charge >= 0.3 is 0 Å². The van der Waals surface area contributed by atoms with Gasteiger partial charge in [0.05, 0.1) is 24.4 Å². The largest absolute Gasteiger partial charge is 0.392 e. The fourth-order valence-corrected chi connectivity index (χ4v) is 6.51. The number of hydrogen-bond donors (Lipinski definition) is 2. The molecule has 2 fully saturated rings. The van der Waals surface area contributed by atoms with Crippen molar-refractivity contribution in [3.8, 4) is 0 Å². The SMILES string of the molecule is CC1=C2CC(O)C3(C)C=CC4OCC4C3C(C)C(O)(CC1)C2(C)C. The molecule has 0 amide bonds. The highest BCUT2D eigenvalue weighted by Gasteiger charge is 2.63. The number of aliphatic hydroxyl groups excluding tert-OH is 1. The molecule has 0 spiro atoms. The number of aliphatic hydroxyl groups is 2. The third-order valence-corrected chi connectivity index (χ3v) is 8.37. The molecular formula is C21H32O3. The fourth-order valence-electron chi connectivity index (χ4n) is 6.51. The van der Waals surface area contributed by atoms with Gasteiger partial charge in [-0.1, -0.05) is 51.0 Å². The molecular weight excluding hydrogens is 300 g/mol. The highest BCUT2D eigenvalue weighted by Crippen LogP contribution is 2.62. The summed E-state index contributed by atoms with van der Waals surface area (Å²) in [5, 5.41) is 23.2. The fraction of sp³-hybridized carbons (Fsp3) is 0.810. The molecule has 4 rings (SSSR count). The van der Waals surface area contributed by atoms with Crippen LogP contribution in [0.15, 0.2) is 23.3 Å². The van der Waals surface area contributed by atoms with E-state index in [4.69, 9.17) is 4.74 Å². The second-order valence-corrected chi connectivity index (χ2v) is 9.53. The van der Waals surface area contributed by atoms with Crippen LogP contribution < -0.4 is 0 Å². The van der Waals surface area contributed by atoms with Crippen molar-refractivity contribution >= 4 is 0 Å². The molecule has 0 aromatic heterocycles. The minimum atomic E-state index is -0.723. The van der Waals surface area contributed by atoms with Crippen molar-refractivity contribution in [2.24, 2.45) is 28.6 Å². The van der Waals surface area contributed by atoms with Crippen LogP contribution in [0.2, 0.25) is 0 Å². The molecule has 7 unspecified atom stereocenters. The minimum absolute atomic E-state index is 0.122. The predicted molar refractivity (Wildman–Crippen MR) is 94.4 cm³/mol. The third kappa shape index (κ3) is 1.84. The molecule has 0 aromatic rings. The lowest BCUT2D eigenvalue weighted by Crippen LogP contribution is -2.65. The molecule has 3 nitrogen and oxygen atoms in total. The van der Waals surface area contributed by atoms with Crippen molar-refractivity contribution in [2.75, 3.05) is 6.61 Å². The summed E-state index contributed by atoms with van der Waals surface area (Å²) >= 11 is 0. The number of ether oxygens (including phenoxy) is 1. The number of hydrogen-bond acceptors (Lipinski definition) is 3. The molecule has 1 saturated heterocycles. The molecule has 3 heteroatoms. The molecule has 134 valence electrons. The molecule has 0 aromatic carbocycles. The van der Waals surface area contributed by atoms with Crippen molar-refractivity contribution in [2.45, 2.75) is 71.7 Å². The third-order valence-electron chi connectivity index (χ3n) is 8.37. The Morgan fingerprint density at radius 2 is 1.96 bits per heavy atom. The molecule has 2 N–H and O–H groups in total. The Bertz CT molecular complexity index is 619. The van der Waals surface area contributed by atoms with Gasteiger partial charge in [-0.25, -0.2) is 0 Å². The lowest BCUT2D eigenvalue weighted by Gasteiger charge is -2.63. The number of rotatable bonds is 0. The molecule has 1 aliphatic heterocycles. The van der Waals surface area contributed by atoms with Gasteiger partial charge in [0, 0.05) is 16.7 Å². The summed E-state index contributed by atoms with van der Waals surface area (Å²) in [6.45, 7) is 11.7. The maximum absolute atomic E-state index is 11.9. The first-order valence-electron chi connectivity index (χ1n) is 9.53. The summed E-state index contributed by atoms with van der Waals surface area (Å²) in [5.74, 6) is 0.787. The average Bonchev–Trinajstić information content (AvgIpc) is 2.49. The van der Waals surface area contributed by atoms with E-state index >= 15 is 0 Å². The molecule has 1 heterocycles. The van der Waals surface area contributed by atoms with Gasteiger partial charge in [0.15, 0.2) is 0 Å². The molecule has 2 bridgehead atoms. The standard InChI is InChI=1S/C21H32O3/c1-12-6-9-21(23)13(2)18-14-11-24-16(14)7-8-20(18,5)17(22)10-15(12)19(21,3)4/h7-8,13-14,16-18,22-23H,6,9-11H2,1-5H3. The molecule has 0 radical (unpaired) electrons. The quantitative estimate of drug-likeness (QED) is 0.668. The van der Waals surface area contributed by atoms with Crippen LogP contribution in [-0.2, 0) is 4.74 Å². The first-order chi connectivity index (χ1) is 11.1. The Morgan fingerprint density at radius 1 is 1.25 bits per heavy atom. The summed E-state index contributed by atoms with van der Waals surface area (Å²) in [6.07, 6.45) is 6.53. The van der Waals surface area contributed by atoms with Crippen LogP contribution >= 0.6 is 0 Å². The van der Waals surface area contributed by atoms with E-state index in [0.29, 0.717) is 12.3 Å². The zero-order valence-corrected chi connectivity index (χ0v) is 15.7. The maximum atomic E-state index is 11.9. The topological polar surface area (TPSA) is 49.7 Å². The average molecular weight is 332 g/mol. The lowest BCUT2D eigenvalue weighted by atomic mass is 9.46. The van der Waals surface area contributed by atoms with E-state index in [1.54, 1.807) is 0 Å². The van der Waals surface area contributed by atoms with E-state index in [0.717, 1.165) is 19.4 Å². The normalized spacial score (nSPS) is 52.7. The van der Waals surface area contributed by atoms with Crippen molar-refractivity contribution in [3.05, 3.63) is 23.3 Å². The van der Waals surface area contributed by atoms with Crippen LogP contribution in [0.1, 0.15) is 53.9 Å². The summed E-state index contributed by atoms with van der Waals surface area (Å²) < 4.78 is 5.73. The van der Waals surface area contributed by atoms with Gasteiger partial charge in [0.2, 0.25) is 0 Å². The van der Waals surface area contributed by atoms with E-state index in [2.05, 4.69) is 46.8 Å². The number of fused-ring (bicyclic) bond motifs is 5. The molecule has 4 aliphatic rings. The van der Waals surface area contributed by atoms with E-state index in [1.165, 1.54) is 11.1 Å². The first kappa shape index (κ1) is 16.8. The highest BCUT2D eigenvalue weighted by atomic mass is 16.5. The van der Waals surface area contributed by atoms with Crippen molar-refractivity contribution < 1.29 is 14.9 Å². The van der Waals surface area contributed by atoms with Crippen LogP contribution in [0.5, 0.6) is 0 Å². The smallest absolute Gasteiger partial charge is 0.0809 e. The van der Waals surface area contributed by atoms with E-state index in [9.17, 15) is 10.2 Å². The van der Waals surface area contributed by atoms with Crippen molar-refractivity contribution in [1.29, 1.82) is 0 Å². The van der Waals surface area contributed by atoms with Crippen LogP contribution in [0.4, 0.5) is 0 Å². The second kappa shape index (κ2) is 4.96. The van der Waals surface area contributed by atoms with Gasteiger partial charge in [0.25, 0.3) is 0 Å². The number of allylic oxidation sites excluding steroid dienone is 1. The molecule has 7 atom stereocenters. The van der Waals surface area contributed by atoms with Gasteiger partial charge in [-0.15, -0.1) is 0 Å². The summed E-state index contributed by atoms with van der Waals surface area (Å²) in [6, 6.07) is 0. The molecule has 24 heavy (non-hydrogen) atoms. The maximum Gasteiger partial charge on any atom is 0.0809 e. The molecule has 1 saturated carbocycles. The zero-order valence-electron chi connectivity index (χ0n) is 15.7. The Kier molecular flexibility index (Phi) is 3.47. The van der Waals surface area contributed by atoms with E-state index in [1.807, 2.05) is 0 Å². The van der Waals surface area contributed by atoms with Crippen molar-refractivity contribution in [3.63, 3.8) is 0 Å². The summed E-state index contributed by atoms with van der Waals surface area (Å²) in [4.78, 5) is 0. The van der Waals surface area contributed by atoms with Crippen LogP contribution in [0, 0.1) is 28.6 Å². The monoisotopic (exact) mass is 332 g/mol. The van der Waals surface area contributed by atoms with E-state index < -0.39 is 11.7 Å². The van der Waals surface area contributed by atoms with Crippen LogP contribution in [0.3, 0.4) is 0 Å². The summed E-state index contributed by atoms with van der Waals surface area (Å²) in [7, 11) is 0. The van der Waals surface area contributed by atoms with Gasteiger partial charge in [-0.05, 0) is 38.0 Å². The van der Waals surface area contributed by atoms with E-state index in [-0.39, 0.29) is 28.8 Å². The lowest BCUT2D eigenvalue weighted by molar-refractivity contribution is -0.214. The second-order valence-electron chi connectivity index (χ2n) is 9.53. The Morgan fingerprint density at radius 3 is 2.58 bits per heavy atom. The van der Waals surface area contributed by atoms with Gasteiger partial charge in [-0.2, -0.15) is 0 Å². The van der Waals surface area contributed by atoms with Crippen LogP contribution in [0.25, 0.3) is 0 Å². The minimum Gasteiger partial charge on any atom is -0.392 e. The Hall–Kier alpha value is -0.640. The predicted octanol–water partition coefficient (Wildman–Crippen LogP) is 3.46. The Balaban J connectivity index is 1.90. The molecule has 3 aliphatic carbocycles. The van der Waals surface area contributed by atoms with Crippen LogP contribution in [-0.4, -0.2) is 34.6 Å². The van der Waals surface area contributed by atoms with Gasteiger partial charge in [-0.3, -0.25) is 0 Å². The Labute approximate surface area is 145 Å². The first-order valence-corrected chi connectivity index (χ1v) is 9.53.